The van der Waals surface area contributed by atoms with E-state index in [1.165, 1.54) is 115 Å². The van der Waals surface area contributed by atoms with Crippen molar-refractivity contribution in [2.24, 2.45) is 0 Å². The molecule has 33 heavy (non-hydrogen) atoms. The Hall–Kier alpha value is -1.13. The van der Waals surface area contributed by atoms with Crippen molar-refractivity contribution in [3.63, 3.8) is 0 Å². The van der Waals surface area contributed by atoms with Gasteiger partial charge in [-0.2, -0.15) is 0 Å². The highest BCUT2D eigenvalue weighted by atomic mass is 31.2. The van der Waals surface area contributed by atoms with E-state index >= 15 is 0 Å². The maximum absolute atomic E-state index is 2.50. The zero-order valence-corrected chi connectivity index (χ0v) is 22.7. The molecule has 0 saturated carbocycles. The van der Waals surface area contributed by atoms with E-state index < -0.39 is 7.26 Å². The minimum absolute atomic E-state index is 1.26. The van der Waals surface area contributed by atoms with Crippen molar-refractivity contribution in [3.05, 3.63) is 48.5 Å². The van der Waals surface area contributed by atoms with E-state index in [1.807, 2.05) is 0 Å². The Bertz CT molecular complexity index is 725. The molecule has 0 N–H and O–H groups in total. The number of unbranched alkanes of at least 4 members (excludes halogenated alkanes) is 14. The van der Waals surface area contributed by atoms with Crippen LogP contribution < -0.4 is 10.6 Å². The highest BCUT2D eigenvalue weighted by molar-refractivity contribution is 7.90. The van der Waals surface area contributed by atoms with Gasteiger partial charge in [-0.25, -0.2) is 0 Å². The minimum atomic E-state index is -1.26. The van der Waals surface area contributed by atoms with Gasteiger partial charge < -0.3 is 0 Å². The lowest BCUT2D eigenvalue weighted by Gasteiger charge is -2.25. The number of hydrogen-bond acceptors (Lipinski definition) is 0. The second-order valence-corrected chi connectivity index (χ2v) is 14.2. The van der Waals surface area contributed by atoms with Crippen molar-refractivity contribution in [2.45, 2.75) is 117 Å². The van der Waals surface area contributed by atoms with Gasteiger partial charge in [0.1, 0.15) is 10.6 Å². The maximum Gasteiger partial charge on any atom is 0.107 e. The lowest BCUT2D eigenvalue weighted by Crippen LogP contribution is -2.23. The number of hydrogen-bond donors (Lipinski definition) is 0. The van der Waals surface area contributed by atoms with Crippen LogP contribution >= 0.6 is 7.26 Å². The van der Waals surface area contributed by atoms with Crippen LogP contribution in [0.25, 0.3) is 11.1 Å². The Balaban J connectivity index is 1.61. The molecule has 0 radical (unpaired) electrons. The predicted molar refractivity (Wildman–Crippen MR) is 153 cm³/mol. The Morgan fingerprint density at radius 1 is 0.424 bits per heavy atom. The number of benzene rings is 2. The molecule has 3 rings (SSSR count). The zero-order valence-electron chi connectivity index (χ0n) is 21.8. The fourth-order valence-electron chi connectivity index (χ4n) is 5.90. The van der Waals surface area contributed by atoms with E-state index in [0.717, 1.165) is 0 Å². The van der Waals surface area contributed by atoms with Gasteiger partial charge in [-0.15, -0.1) is 0 Å². The molecule has 0 amide bonds. The summed E-state index contributed by atoms with van der Waals surface area (Å²) in [5.41, 5.74) is 3.11. The molecule has 0 aromatic heterocycles. The van der Waals surface area contributed by atoms with Gasteiger partial charge in [-0.1, -0.05) is 127 Å². The van der Waals surface area contributed by atoms with Crippen molar-refractivity contribution >= 4 is 17.9 Å². The molecule has 1 heteroatoms. The van der Waals surface area contributed by atoms with Gasteiger partial charge in [0.15, 0.2) is 0 Å². The van der Waals surface area contributed by atoms with Crippen LogP contribution in [-0.2, 0) is 0 Å². The van der Waals surface area contributed by atoms with Crippen LogP contribution in [0.1, 0.15) is 117 Å². The molecule has 0 bridgehead atoms. The Labute approximate surface area is 206 Å². The summed E-state index contributed by atoms with van der Waals surface area (Å²) in [6.45, 7) is 4.62. The summed E-state index contributed by atoms with van der Waals surface area (Å²) in [5, 5.41) is 3.47. The lowest BCUT2D eigenvalue weighted by molar-refractivity contribution is 0.583. The standard InChI is InChI=1S/C32H50P/c1-3-5-7-9-11-13-15-21-27-33(28-22-16-14-12-10-8-6-4-2)31-25-19-17-23-29(31)30-24-18-20-26-32(30)33/h17-20,23-26H,3-16,21-22,27-28H2,1-2H3/q+1. The summed E-state index contributed by atoms with van der Waals surface area (Å²) in [5.74, 6) is 0. The van der Waals surface area contributed by atoms with Crippen LogP contribution in [0, 0.1) is 0 Å². The van der Waals surface area contributed by atoms with Crippen molar-refractivity contribution in [1.29, 1.82) is 0 Å². The van der Waals surface area contributed by atoms with E-state index in [4.69, 9.17) is 0 Å². The molecule has 0 atom stereocenters. The van der Waals surface area contributed by atoms with Gasteiger partial charge in [0.2, 0.25) is 0 Å². The molecule has 1 aliphatic rings. The summed E-state index contributed by atoms with van der Waals surface area (Å²) < 4.78 is 0. The first kappa shape index (κ1) is 26.5. The van der Waals surface area contributed by atoms with E-state index in [2.05, 4.69) is 62.4 Å². The molecule has 0 saturated heterocycles. The first-order valence-corrected chi connectivity index (χ1v) is 16.6. The summed E-state index contributed by atoms with van der Waals surface area (Å²) in [7, 11) is -1.26. The molecular formula is C32H50P+. The first-order chi connectivity index (χ1) is 16.3. The van der Waals surface area contributed by atoms with E-state index in [9.17, 15) is 0 Å². The third kappa shape index (κ3) is 7.42. The first-order valence-electron chi connectivity index (χ1n) is 14.4. The van der Waals surface area contributed by atoms with Gasteiger partial charge >= 0.3 is 0 Å². The molecule has 1 heterocycles. The predicted octanol–water partition coefficient (Wildman–Crippen LogP) is 9.92. The van der Waals surface area contributed by atoms with Crippen molar-refractivity contribution in [2.75, 3.05) is 12.3 Å². The van der Waals surface area contributed by atoms with Crippen LogP contribution in [0.3, 0.4) is 0 Å². The molecular weight excluding hydrogens is 415 g/mol. The van der Waals surface area contributed by atoms with Gasteiger partial charge in [-0.3, -0.25) is 0 Å². The Kier molecular flexibility index (Phi) is 12.0. The lowest BCUT2D eigenvalue weighted by atomic mass is 10.1. The minimum Gasteiger partial charge on any atom is -0.0654 e. The molecule has 0 unspecified atom stereocenters. The van der Waals surface area contributed by atoms with Crippen LogP contribution in [0.2, 0.25) is 0 Å². The van der Waals surface area contributed by atoms with E-state index in [0.29, 0.717) is 0 Å². The molecule has 0 spiro atoms. The molecule has 0 aliphatic carbocycles. The smallest absolute Gasteiger partial charge is 0.0654 e. The summed E-state index contributed by atoms with van der Waals surface area (Å²) in [4.78, 5) is 0. The van der Waals surface area contributed by atoms with Crippen molar-refractivity contribution < 1.29 is 0 Å². The van der Waals surface area contributed by atoms with Crippen LogP contribution in [-0.4, -0.2) is 12.3 Å². The maximum atomic E-state index is 2.50. The molecule has 182 valence electrons. The number of rotatable bonds is 18. The average Bonchev–Trinajstić information content (AvgIpc) is 3.13. The Morgan fingerprint density at radius 2 is 0.758 bits per heavy atom. The van der Waals surface area contributed by atoms with Crippen LogP contribution in [0.15, 0.2) is 48.5 Å². The molecule has 0 nitrogen and oxygen atoms in total. The van der Waals surface area contributed by atoms with Gasteiger partial charge in [0, 0.05) is 11.1 Å². The SMILES string of the molecule is CCCCCCCCCC[P+]1(CCCCCCCCCC)c2ccccc2-c2ccccc21. The Morgan fingerprint density at radius 3 is 1.15 bits per heavy atom. The average molecular weight is 466 g/mol. The largest absolute Gasteiger partial charge is 0.107 e. The third-order valence-electron chi connectivity index (χ3n) is 7.81. The van der Waals surface area contributed by atoms with Gasteiger partial charge in [0.25, 0.3) is 0 Å². The zero-order chi connectivity index (χ0) is 23.2. The fourth-order valence-corrected chi connectivity index (χ4v) is 10.9. The monoisotopic (exact) mass is 465 g/mol. The number of fused-ring (bicyclic) bond motifs is 3. The molecule has 2 aromatic rings. The molecule has 2 aromatic carbocycles. The van der Waals surface area contributed by atoms with E-state index in [-0.39, 0.29) is 0 Å². The second-order valence-electron chi connectivity index (χ2n) is 10.4. The quantitative estimate of drug-likeness (QED) is 0.152. The molecule has 1 aliphatic heterocycles. The van der Waals surface area contributed by atoms with Crippen LogP contribution in [0.4, 0.5) is 0 Å². The highest BCUT2D eigenvalue weighted by Gasteiger charge is 2.49. The third-order valence-corrected chi connectivity index (χ3v) is 12.6. The van der Waals surface area contributed by atoms with Gasteiger partial charge in [-0.05, 0) is 37.8 Å². The summed E-state index contributed by atoms with van der Waals surface area (Å²) in [6.07, 6.45) is 25.6. The summed E-state index contributed by atoms with van der Waals surface area (Å²) in [6, 6.07) is 18.9. The topological polar surface area (TPSA) is 0 Å². The normalized spacial score (nSPS) is 13.8. The molecule has 0 fully saturated rings. The summed E-state index contributed by atoms with van der Waals surface area (Å²) >= 11 is 0. The van der Waals surface area contributed by atoms with Crippen molar-refractivity contribution in [3.8, 4) is 11.1 Å². The highest BCUT2D eigenvalue weighted by Crippen LogP contribution is 2.64. The van der Waals surface area contributed by atoms with Crippen molar-refractivity contribution in [1.82, 2.24) is 0 Å². The van der Waals surface area contributed by atoms with Crippen LogP contribution in [0.5, 0.6) is 0 Å². The van der Waals surface area contributed by atoms with E-state index in [1.54, 1.807) is 21.7 Å². The fraction of sp³-hybridized carbons (Fsp3) is 0.625. The van der Waals surface area contributed by atoms with Gasteiger partial charge in [0.05, 0.1) is 19.6 Å². The second kappa shape index (κ2) is 15.0.